The van der Waals surface area contributed by atoms with Gasteiger partial charge in [0.15, 0.2) is 5.96 Å². The van der Waals surface area contributed by atoms with E-state index < -0.39 is 0 Å². The van der Waals surface area contributed by atoms with Gasteiger partial charge in [0.05, 0.1) is 6.61 Å². The molecule has 0 amide bonds. The molecule has 1 aliphatic rings. The lowest BCUT2D eigenvalue weighted by molar-refractivity contribution is 0.322. The van der Waals surface area contributed by atoms with Gasteiger partial charge >= 0.3 is 0 Å². The molecule has 126 valence electrons. The van der Waals surface area contributed by atoms with Gasteiger partial charge in [0.1, 0.15) is 0 Å². The number of nitrogens with one attached hydrogen (secondary N) is 1. The Morgan fingerprint density at radius 2 is 2.08 bits per heavy atom. The molecule has 1 N–H and O–H groups in total. The van der Waals surface area contributed by atoms with E-state index >= 15 is 0 Å². The molecule has 3 rings (SSSR count). The van der Waals surface area contributed by atoms with Gasteiger partial charge in [-0.1, -0.05) is 30.3 Å². The van der Waals surface area contributed by atoms with Gasteiger partial charge in [0.25, 0.3) is 0 Å². The molecule has 0 saturated heterocycles. The Morgan fingerprint density at radius 3 is 2.88 bits per heavy atom. The summed E-state index contributed by atoms with van der Waals surface area (Å²) >= 11 is 0. The van der Waals surface area contributed by atoms with Crippen LogP contribution in [0.15, 0.2) is 47.6 Å². The Hall–Kier alpha value is -2.56. The van der Waals surface area contributed by atoms with Crippen LogP contribution in [0.4, 0.5) is 0 Å². The van der Waals surface area contributed by atoms with Crippen molar-refractivity contribution in [2.24, 2.45) is 4.99 Å². The lowest BCUT2D eigenvalue weighted by Crippen LogP contribution is -2.43. The van der Waals surface area contributed by atoms with Crippen LogP contribution in [0.2, 0.25) is 0 Å². The summed E-state index contributed by atoms with van der Waals surface area (Å²) in [6.07, 6.45) is 2.80. The van der Waals surface area contributed by atoms with Crippen LogP contribution in [0.5, 0.6) is 5.88 Å². The molecule has 0 saturated carbocycles. The topological polar surface area (TPSA) is 49.8 Å². The number of benzene rings is 1. The summed E-state index contributed by atoms with van der Waals surface area (Å²) in [5.41, 5.74) is 3.86. The van der Waals surface area contributed by atoms with Gasteiger partial charge in [0.2, 0.25) is 5.88 Å². The number of guanidine groups is 1. The van der Waals surface area contributed by atoms with Gasteiger partial charge in [-0.3, -0.25) is 4.99 Å². The van der Waals surface area contributed by atoms with E-state index in [1.165, 1.54) is 11.1 Å². The highest BCUT2D eigenvalue weighted by atomic mass is 16.5. The number of hydrogen-bond acceptors (Lipinski definition) is 3. The molecule has 0 bridgehead atoms. The second-order valence-corrected chi connectivity index (χ2v) is 5.74. The summed E-state index contributed by atoms with van der Waals surface area (Å²) in [7, 11) is 1.83. The summed E-state index contributed by atoms with van der Waals surface area (Å²) in [5, 5.41) is 3.44. The van der Waals surface area contributed by atoms with E-state index in [-0.39, 0.29) is 0 Å². The van der Waals surface area contributed by atoms with Gasteiger partial charge < -0.3 is 15.0 Å². The first-order chi connectivity index (χ1) is 11.8. The summed E-state index contributed by atoms with van der Waals surface area (Å²) in [6, 6.07) is 12.6. The molecule has 2 aromatic rings. The van der Waals surface area contributed by atoms with E-state index in [0.717, 1.165) is 31.0 Å². The van der Waals surface area contributed by atoms with Crippen molar-refractivity contribution >= 4 is 5.96 Å². The standard InChI is InChI=1S/C19H24N4O/c1-3-24-18-16(9-6-11-21-18)13-22-19(20-2)23-12-10-15-7-4-5-8-17(15)14-23/h4-9,11H,3,10,12-14H2,1-2H3,(H,20,22). The number of aromatic nitrogens is 1. The van der Waals surface area contributed by atoms with Crippen LogP contribution in [0.1, 0.15) is 23.6 Å². The van der Waals surface area contributed by atoms with Gasteiger partial charge in [-0.25, -0.2) is 4.98 Å². The largest absolute Gasteiger partial charge is 0.478 e. The van der Waals surface area contributed by atoms with E-state index in [0.29, 0.717) is 19.0 Å². The SMILES string of the molecule is CCOc1ncccc1CNC(=NC)N1CCc2ccccc2C1. The summed E-state index contributed by atoms with van der Waals surface area (Å²) in [6.45, 7) is 5.09. The van der Waals surface area contributed by atoms with Gasteiger partial charge in [-0.05, 0) is 30.5 Å². The summed E-state index contributed by atoms with van der Waals surface area (Å²) in [4.78, 5) is 11.0. The number of ether oxygens (including phenoxy) is 1. The highest BCUT2D eigenvalue weighted by Crippen LogP contribution is 2.19. The smallest absolute Gasteiger partial charge is 0.218 e. The Kier molecular flexibility index (Phi) is 5.31. The molecule has 24 heavy (non-hydrogen) atoms. The first-order valence-electron chi connectivity index (χ1n) is 8.41. The quantitative estimate of drug-likeness (QED) is 0.694. The van der Waals surface area contributed by atoms with Gasteiger partial charge in [-0.15, -0.1) is 0 Å². The van der Waals surface area contributed by atoms with Crippen molar-refractivity contribution in [3.8, 4) is 5.88 Å². The number of aliphatic imine (C=N–C) groups is 1. The minimum Gasteiger partial charge on any atom is -0.478 e. The highest BCUT2D eigenvalue weighted by molar-refractivity contribution is 5.80. The third-order valence-electron chi connectivity index (χ3n) is 4.21. The maximum absolute atomic E-state index is 5.59. The number of nitrogens with zero attached hydrogens (tertiary/aromatic N) is 3. The van der Waals surface area contributed by atoms with Crippen LogP contribution in [-0.2, 0) is 19.5 Å². The van der Waals surface area contributed by atoms with E-state index in [1.54, 1.807) is 6.20 Å². The Bertz CT molecular complexity index is 714. The second kappa shape index (κ2) is 7.81. The first-order valence-corrected chi connectivity index (χ1v) is 8.41. The zero-order valence-electron chi connectivity index (χ0n) is 14.3. The van der Waals surface area contributed by atoms with Crippen molar-refractivity contribution in [3.05, 3.63) is 59.3 Å². The van der Waals surface area contributed by atoms with Crippen LogP contribution in [-0.4, -0.2) is 36.0 Å². The van der Waals surface area contributed by atoms with Crippen LogP contribution in [0.25, 0.3) is 0 Å². The van der Waals surface area contributed by atoms with Crippen LogP contribution in [0.3, 0.4) is 0 Å². The van der Waals surface area contributed by atoms with Crippen molar-refractivity contribution in [1.82, 2.24) is 15.2 Å². The molecule has 0 atom stereocenters. The zero-order valence-corrected chi connectivity index (χ0v) is 14.3. The molecule has 5 nitrogen and oxygen atoms in total. The molecule has 0 aliphatic carbocycles. The third kappa shape index (κ3) is 3.67. The minimum absolute atomic E-state index is 0.613. The van der Waals surface area contributed by atoms with Crippen molar-refractivity contribution in [2.75, 3.05) is 20.2 Å². The third-order valence-corrected chi connectivity index (χ3v) is 4.21. The fourth-order valence-corrected chi connectivity index (χ4v) is 3.01. The molecular weight excluding hydrogens is 300 g/mol. The minimum atomic E-state index is 0.613. The molecule has 1 aromatic heterocycles. The lowest BCUT2D eigenvalue weighted by Gasteiger charge is -2.31. The molecule has 1 aromatic carbocycles. The van der Waals surface area contributed by atoms with E-state index in [4.69, 9.17) is 4.74 Å². The molecule has 0 fully saturated rings. The highest BCUT2D eigenvalue weighted by Gasteiger charge is 2.18. The molecule has 0 radical (unpaired) electrons. The van der Waals surface area contributed by atoms with Gasteiger partial charge in [0, 0.05) is 38.4 Å². The Balaban J connectivity index is 1.66. The lowest BCUT2D eigenvalue weighted by atomic mass is 10.0. The monoisotopic (exact) mass is 324 g/mol. The first kappa shape index (κ1) is 16.3. The molecular formula is C19H24N4O. The van der Waals surface area contributed by atoms with Crippen molar-refractivity contribution in [2.45, 2.75) is 26.4 Å². The molecule has 0 spiro atoms. The fourth-order valence-electron chi connectivity index (χ4n) is 3.01. The number of pyridine rings is 1. The molecule has 0 unspecified atom stereocenters. The average Bonchev–Trinajstić information content (AvgIpc) is 2.63. The zero-order chi connectivity index (χ0) is 16.8. The molecule has 1 aliphatic heterocycles. The fraction of sp³-hybridized carbons (Fsp3) is 0.368. The predicted octanol–water partition coefficient (Wildman–Crippen LogP) is 2.61. The van der Waals surface area contributed by atoms with E-state index in [1.807, 2.05) is 26.1 Å². The maximum atomic E-state index is 5.59. The predicted molar refractivity (Wildman–Crippen MR) is 96.2 cm³/mol. The number of fused-ring (bicyclic) bond motifs is 1. The van der Waals surface area contributed by atoms with Gasteiger partial charge in [-0.2, -0.15) is 0 Å². The van der Waals surface area contributed by atoms with Crippen molar-refractivity contribution in [3.63, 3.8) is 0 Å². The van der Waals surface area contributed by atoms with Crippen LogP contribution < -0.4 is 10.1 Å². The average molecular weight is 324 g/mol. The number of hydrogen-bond donors (Lipinski definition) is 1. The van der Waals surface area contributed by atoms with Crippen LogP contribution in [0, 0.1) is 0 Å². The molecule has 2 heterocycles. The van der Waals surface area contributed by atoms with E-state index in [9.17, 15) is 0 Å². The van der Waals surface area contributed by atoms with Crippen molar-refractivity contribution in [1.29, 1.82) is 0 Å². The van der Waals surface area contributed by atoms with Crippen LogP contribution >= 0.6 is 0 Å². The Labute approximate surface area is 143 Å². The summed E-state index contributed by atoms with van der Waals surface area (Å²) in [5.74, 6) is 1.60. The maximum Gasteiger partial charge on any atom is 0.218 e. The Morgan fingerprint density at radius 1 is 1.25 bits per heavy atom. The normalized spacial score (nSPS) is 14.2. The molecule has 5 heteroatoms. The van der Waals surface area contributed by atoms with E-state index in [2.05, 4.69) is 44.5 Å². The number of rotatable bonds is 4. The second-order valence-electron chi connectivity index (χ2n) is 5.74. The van der Waals surface area contributed by atoms with Crippen molar-refractivity contribution < 1.29 is 4.74 Å². The summed E-state index contributed by atoms with van der Waals surface area (Å²) < 4.78 is 5.59.